The first-order chi connectivity index (χ1) is 10.3. The smallest absolute Gasteiger partial charge is 0.129 e. The zero-order valence-corrected chi connectivity index (χ0v) is 13.9. The highest BCUT2D eigenvalue weighted by Gasteiger charge is 2.18. The molecule has 1 aliphatic heterocycles. The zero-order chi connectivity index (χ0) is 15.1. The Kier molecular flexibility index (Phi) is 6.46. The zero-order valence-electron chi connectivity index (χ0n) is 13.9. The van der Waals surface area contributed by atoms with Gasteiger partial charge in [0.1, 0.15) is 5.82 Å². The maximum Gasteiger partial charge on any atom is 0.129 e. The summed E-state index contributed by atoms with van der Waals surface area (Å²) in [6.45, 7) is 11.1. The lowest BCUT2D eigenvalue weighted by Gasteiger charge is -2.35. The summed E-state index contributed by atoms with van der Waals surface area (Å²) >= 11 is 0. The number of pyridine rings is 1. The van der Waals surface area contributed by atoms with Crippen molar-refractivity contribution >= 4 is 5.82 Å². The molecule has 1 aromatic heterocycles. The number of hydrogen-bond acceptors (Lipinski definition) is 4. The van der Waals surface area contributed by atoms with Crippen LogP contribution in [-0.4, -0.2) is 49.7 Å². The number of aryl methyl sites for hydroxylation is 1. The molecule has 0 spiro atoms. The lowest BCUT2D eigenvalue weighted by Crippen LogP contribution is -2.46. The summed E-state index contributed by atoms with van der Waals surface area (Å²) in [5.41, 5.74) is 2.58. The van der Waals surface area contributed by atoms with Crippen molar-refractivity contribution in [2.75, 3.05) is 44.7 Å². The normalized spacial score (nSPS) is 16.4. The first-order valence-electron chi connectivity index (χ1n) is 8.38. The predicted octanol–water partition coefficient (Wildman–Crippen LogP) is 2.29. The maximum absolute atomic E-state index is 4.88. The van der Waals surface area contributed by atoms with Gasteiger partial charge in [-0.2, -0.15) is 0 Å². The van der Waals surface area contributed by atoms with Crippen LogP contribution in [0.2, 0.25) is 0 Å². The van der Waals surface area contributed by atoms with Crippen LogP contribution >= 0.6 is 0 Å². The third-order valence-electron chi connectivity index (χ3n) is 4.05. The van der Waals surface area contributed by atoms with Crippen LogP contribution in [0.3, 0.4) is 0 Å². The number of rotatable bonds is 7. The fourth-order valence-electron chi connectivity index (χ4n) is 3.00. The second-order valence-electron chi connectivity index (χ2n) is 5.93. The van der Waals surface area contributed by atoms with Gasteiger partial charge >= 0.3 is 0 Å². The molecule has 2 rings (SSSR count). The Bertz CT molecular complexity index is 401. The maximum atomic E-state index is 4.88. The number of hydrogen-bond donors (Lipinski definition) is 1. The Morgan fingerprint density at radius 1 is 1.10 bits per heavy atom. The number of nitrogens with one attached hydrogen (secondary N) is 1. The highest BCUT2D eigenvalue weighted by atomic mass is 15.3. The van der Waals surface area contributed by atoms with Crippen LogP contribution in [0.5, 0.6) is 0 Å². The first-order valence-corrected chi connectivity index (χ1v) is 8.38. The minimum absolute atomic E-state index is 0.919. The van der Waals surface area contributed by atoms with Crippen LogP contribution in [0, 0.1) is 0 Å². The summed E-state index contributed by atoms with van der Waals surface area (Å²) < 4.78 is 0. The van der Waals surface area contributed by atoms with Crippen LogP contribution in [-0.2, 0) is 13.0 Å². The fourth-order valence-corrected chi connectivity index (χ4v) is 3.00. The van der Waals surface area contributed by atoms with Crippen LogP contribution < -0.4 is 10.2 Å². The molecule has 0 amide bonds. The molecule has 0 saturated carbocycles. The molecule has 118 valence electrons. The summed E-state index contributed by atoms with van der Waals surface area (Å²) in [4.78, 5) is 9.89. The highest BCUT2D eigenvalue weighted by molar-refractivity contribution is 5.43. The molecular formula is C17H30N4. The quantitative estimate of drug-likeness (QED) is 0.835. The van der Waals surface area contributed by atoms with E-state index in [0.29, 0.717) is 0 Å². The molecule has 21 heavy (non-hydrogen) atoms. The lowest BCUT2D eigenvalue weighted by atomic mass is 10.1. The summed E-state index contributed by atoms with van der Waals surface area (Å²) in [6, 6.07) is 4.50. The molecule has 0 unspecified atom stereocenters. The summed E-state index contributed by atoms with van der Waals surface area (Å²) in [5, 5.41) is 3.25. The molecular weight excluding hydrogens is 260 g/mol. The Hall–Kier alpha value is -1.13. The standard InChI is InChI=1S/C17H30N4/c1-4-6-16-12-15(14-18-3)13-17(19-16)21-10-8-20(7-5-2)9-11-21/h12-13,18H,4-11,14H2,1-3H3. The molecule has 0 radical (unpaired) electrons. The van der Waals surface area contributed by atoms with E-state index < -0.39 is 0 Å². The van der Waals surface area contributed by atoms with Crippen molar-refractivity contribution in [3.63, 3.8) is 0 Å². The van der Waals surface area contributed by atoms with E-state index in [1.807, 2.05) is 7.05 Å². The van der Waals surface area contributed by atoms with Gasteiger partial charge in [0.2, 0.25) is 0 Å². The minimum atomic E-state index is 0.919. The third kappa shape index (κ3) is 4.68. The van der Waals surface area contributed by atoms with E-state index in [0.717, 1.165) is 45.6 Å². The molecule has 4 heteroatoms. The summed E-state index contributed by atoms with van der Waals surface area (Å²) in [7, 11) is 2.00. The second-order valence-corrected chi connectivity index (χ2v) is 5.93. The van der Waals surface area contributed by atoms with Crippen molar-refractivity contribution in [3.05, 3.63) is 23.4 Å². The molecule has 1 aliphatic rings. The average Bonchev–Trinajstić information content (AvgIpc) is 2.49. The molecule has 0 atom stereocenters. The van der Waals surface area contributed by atoms with Crippen LogP contribution in [0.1, 0.15) is 37.9 Å². The lowest BCUT2D eigenvalue weighted by molar-refractivity contribution is 0.258. The molecule has 0 bridgehead atoms. The van der Waals surface area contributed by atoms with E-state index in [9.17, 15) is 0 Å². The summed E-state index contributed by atoms with van der Waals surface area (Å²) in [5.74, 6) is 1.17. The SMILES string of the molecule is CCCc1cc(CNC)cc(N2CCN(CCC)CC2)n1. The fraction of sp³-hybridized carbons (Fsp3) is 0.706. The number of nitrogens with zero attached hydrogens (tertiary/aromatic N) is 3. The van der Waals surface area contributed by atoms with Gasteiger partial charge in [0, 0.05) is 38.4 Å². The Balaban J connectivity index is 2.07. The topological polar surface area (TPSA) is 31.4 Å². The van der Waals surface area contributed by atoms with Gasteiger partial charge in [-0.15, -0.1) is 0 Å². The van der Waals surface area contributed by atoms with Gasteiger partial charge in [0.25, 0.3) is 0 Å². The Labute approximate surface area is 129 Å². The molecule has 1 saturated heterocycles. The van der Waals surface area contributed by atoms with Gasteiger partial charge < -0.3 is 10.2 Å². The van der Waals surface area contributed by atoms with E-state index in [-0.39, 0.29) is 0 Å². The summed E-state index contributed by atoms with van der Waals surface area (Å²) in [6.07, 6.45) is 3.47. The second kappa shape index (κ2) is 8.35. The first kappa shape index (κ1) is 16.2. The van der Waals surface area contributed by atoms with E-state index >= 15 is 0 Å². The van der Waals surface area contributed by atoms with Crippen molar-refractivity contribution in [1.82, 2.24) is 15.2 Å². The van der Waals surface area contributed by atoms with Gasteiger partial charge in [-0.25, -0.2) is 4.98 Å². The van der Waals surface area contributed by atoms with Crippen molar-refractivity contribution in [3.8, 4) is 0 Å². The van der Waals surface area contributed by atoms with Crippen molar-refractivity contribution < 1.29 is 0 Å². The monoisotopic (exact) mass is 290 g/mol. The van der Waals surface area contributed by atoms with E-state index in [1.165, 1.54) is 30.0 Å². The molecule has 1 aromatic rings. The van der Waals surface area contributed by atoms with E-state index in [2.05, 4.69) is 41.1 Å². The van der Waals surface area contributed by atoms with Crippen LogP contribution in [0.25, 0.3) is 0 Å². The van der Waals surface area contributed by atoms with E-state index in [4.69, 9.17) is 4.98 Å². The van der Waals surface area contributed by atoms with Gasteiger partial charge in [0.05, 0.1) is 0 Å². The number of aromatic nitrogens is 1. The third-order valence-corrected chi connectivity index (χ3v) is 4.05. The molecule has 1 N–H and O–H groups in total. The Morgan fingerprint density at radius 3 is 2.48 bits per heavy atom. The van der Waals surface area contributed by atoms with Gasteiger partial charge in [-0.3, -0.25) is 4.90 Å². The van der Waals surface area contributed by atoms with Crippen LogP contribution in [0.15, 0.2) is 12.1 Å². The largest absolute Gasteiger partial charge is 0.354 e. The molecule has 4 nitrogen and oxygen atoms in total. The van der Waals surface area contributed by atoms with Gasteiger partial charge in [0.15, 0.2) is 0 Å². The Morgan fingerprint density at radius 2 is 1.86 bits per heavy atom. The predicted molar refractivity (Wildman–Crippen MR) is 89.9 cm³/mol. The molecule has 2 heterocycles. The molecule has 0 aromatic carbocycles. The van der Waals surface area contributed by atoms with Crippen molar-refractivity contribution in [2.24, 2.45) is 0 Å². The van der Waals surface area contributed by atoms with E-state index in [1.54, 1.807) is 0 Å². The van der Waals surface area contributed by atoms with Crippen LogP contribution in [0.4, 0.5) is 5.82 Å². The highest BCUT2D eigenvalue weighted by Crippen LogP contribution is 2.18. The van der Waals surface area contributed by atoms with Gasteiger partial charge in [-0.05, 0) is 44.1 Å². The minimum Gasteiger partial charge on any atom is -0.354 e. The molecule has 1 fully saturated rings. The average molecular weight is 290 g/mol. The molecule has 0 aliphatic carbocycles. The van der Waals surface area contributed by atoms with Crippen molar-refractivity contribution in [1.29, 1.82) is 0 Å². The number of piperazine rings is 1. The number of anilines is 1. The van der Waals surface area contributed by atoms with Gasteiger partial charge in [-0.1, -0.05) is 20.3 Å². The van der Waals surface area contributed by atoms with Crippen molar-refractivity contribution in [2.45, 2.75) is 39.7 Å².